The van der Waals surface area contributed by atoms with Gasteiger partial charge in [-0.2, -0.15) is 4.31 Å². The van der Waals surface area contributed by atoms with Crippen LogP contribution in [0.15, 0.2) is 77.7 Å². The summed E-state index contributed by atoms with van der Waals surface area (Å²) < 4.78 is 33.9. The molecule has 5 rings (SSSR count). The minimum Gasteiger partial charge on any atom is -0.497 e. The number of ether oxygens (including phenoxy) is 1. The van der Waals surface area contributed by atoms with Crippen molar-refractivity contribution in [3.05, 3.63) is 83.9 Å². The molecule has 0 aliphatic carbocycles. The Morgan fingerprint density at radius 1 is 0.846 bits per heavy atom. The number of methoxy groups -OCH3 is 1. The number of amides is 1. The van der Waals surface area contributed by atoms with Crippen molar-refractivity contribution in [1.82, 2.24) is 9.21 Å². The fraction of sp³-hybridized carbons (Fsp3) is 0.367. The van der Waals surface area contributed by atoms with E-state index in [-0.39, 0.29) is 17.3 Å². The summed E-state index contributed by atoms with van der Waals surface area (Å²) in [6.45, 7) is 7.66. The number of carbonyl (C=O) groups excluding carboxylic acids is 1. The topological polar surface area (TPSA) is 73.4 Å². The van der Waals surface area contributed by atoms with Crippen LogP contribution in [-0.2, 0) is 14.8 Å². The van der Waals surface area contributed by atoms with E-state index in [0.29, 0.717) is 31.9 Å². The third kappa shape index (κ3) is 5.60. The minimum atomic E-state index is -3.80. The third-order valence-electron chi connectivity index (χ3n) is 7.69. The summed E-state index contributed by atoms with van der Waals surface area (Å²) in [6.07, 6.45) is 0. The highest BCUT2D eigenvalue weighted by Gasteiger charge is 2.40. The Morgan fingerprint density at radius 2 is 1.59 bits per heavy atom. The Kier molecular flexibility index (Phi) is 7.81. The van der Waals surface area contributed by atoms with E-state index in [1.165, 1.54) is 34.3 Å². The number of carbonyl (C=O) groups is 1. The molecule has 1 atom stereocenters. The van der Waals surface area contributed by atoms with Crippen LogP contribution < -0.4 is 14.5 Å². The van der Waals surface area contributed by atoms with E-state index < -0.39 is 16.1 Å². The third-order valence-corrected chi connectivity index (χ3v) is 9.55. The fourth-order valence-corrected chi connectivity index (χ4v) is 6.94. The van der Waals surface area contributed by atoms with Gasteiger partial charge in [0.05, 0.1) is 12.0 Å². The molecular formula is C30H36N4O4S. The number of rotatable bonds is 6. The lowest BCUT2D eigenvalue weighted by atomic mass is 10.1. The maximum absolute atomic E-state index is 14.0. The highest BCUT2D eigenvalue weighted by molar-refractivity contribution is 7.89. The van der Waals surface area contributed by atoms with Crippen LogP contribution >= 0.6 is 0 Å². The first-order valence-electron chi connectivity index (χ1n) is 13.3. The highest BCUT2D eigenvalue weighted by Crippen LogP contribution is 2.28. The molecule has 2 aliphatic heterocycles. The number of aryl methyl sites for hydroxylation is 2. The first-order chi connectivity index (χ1) is 18.8. The molecule has 0 radical (unpaired) electrons. The number of piperazine rings is 2. The van der Waals surface area contributed by atoms with Crippen LogP contribution in [0.2, 0.25) is 0 Å². The summed E-state index contributed by atoms with van der Waals surface area (Å²) >= 11 is 0. The summed E-state index contributed by atoms with van der Waals surface area (Å²) in [5.41, 5.74) is 4.57. The van der Waals surface area contributed by atoms with E-state index in [1.54, 1.807) is 18.2 Å². The molecule has 2 aliphatic rings. The molecule has 1 unspecified atom stereocenters. The average Bonchev–Trinajstić information content (AvgIpc) is 2.98. The summed E-state index contributed by atoms with van der Waals surface area (Å²) in [6, 6.07) is 22.1. The first-order valence-corrected chi connectivity index (χ1v) is 14.8. The number of para-hydroxylation sites is 1. The van der Waals surface area contributed by atoms with Gasteiger partial charge in [-0.05, 0) is 55.3 Å². The second-order valence-electron chi connectivity index (χ2n) is 10.2. The zero-order chi connectivity index (χ0) is 27.6. The zero-order valence-corrected chi connectivity index (χ0v) is 23.6. The number of hydrogen-bond donors (Lipinski definition) is 0. The lowest BCUT2D eigenvalue weighted by Crippen LogP contribution is -2.62. The van der Waals surface area contributed by atoms with Crippen molar-refractivity contribution in [3.63, 3.8) is 0 Å². The molecule has 206 valence electrons. The first kappa shape index (κ1) is 27.0. The Labute approximate surface area is 231 Å². The maximum atomic E-state index is 14.0. The van der Waals surface area contributed by atoms with Gasteiger partial charge in [-0.1, -0.05) is 36.4 Å². The van der Waals surface area contributed by atoms with Crippen molar-refractivity contribution < 1.29 is 17.9 Å². The van der Waals surface area contributed by atoms with Gasteiger partial charge in [-0.15, -0.1) is 0 Å². The molecule has 0 aromatic heterocycles. The second kappa shape index (κ2) is 11.3. The van der Waals surface area contributed by atoms with Gasteiger partial charge in [0, 0.05) is 63.3 Å². The number of nitrogens with zero attached hydrogens (tertiary/aromatic N) is 4. The Morgan fingerprint density at radius 3 is 2.31 bits per heavy atom. The van der Waals surface area contributed by atoms with E-state index in [4.69, 9.17) is 4.74 Å². The summed E-state index contributed by atoms with van der Waals surface area (Å²) in [5.74, 6) is 0.443. The molecule has 2 heterocycles. The number of hydrogen-bond acceptors (Lipinski definition) is 6. The van der Waals surface area contributed by atoms with Crippen LogP contribution in [0.3, 0.4) is 0 Å². The number of anilines is 2. The van der Waals surface area contributed by atoms with Crippen LogP contribution in [0, 0.1) is 13.8 Å². The number of sulfonamides is 1. The van der Waals surface area contributed by atoms with Crippen molar-refractivity contribution in [3.8, 4) is 5.75 Å². The van der Waals surface area contributed by atoms with Crippen molar-refractivity contribution >= 4 is 27.3 Å². The minimum absolute atomic E-state index is 0.0370. The van der Waals surface area contributed by atoms with E-state index in [1.807, 2.05) is 35.2 Å². The molecule has 9 heteroatoms. The molecule has 2 saturated heterocycles. The highest BCUT2D eigenvalue weighted by atomic mass is 32.2. The predicted molar refractivity (Wildman–Crippen MR) is 154 cm³/mol. The standard InChI is InChI=1S/C30H36N4O4S/c1-23-12-13-24(2)28(20-23)31-14-16-32(17-15-31)30(35)29-22-33(18-19-34(29)25-8-5-4-6-9-25)39(36,37)27-11-7-10-26(21-27)38-3/h4-13,20-21,29H,14-19,22H2,1-3H3. The van der Waals surface area contributed by atoms with E-state index in [9.17, 15) is 13.2 Å². The van der Waals surface area contributed by atoms with Gasteiger partial charge in [-0.3, -0.25) is 4.79 Å². The van der Waals surface area contributed by atoms with Gasteiger partial charge in [-0.25, -0.2) is 8.42 Å². The molecule has 0 N–H and O–H groups in total. The van der Waals surface area contributed by atoms with Crippen LogP contribution in [0.4, 0.5) is 11.4 Å². The van der Waals surface area contributed by atoms with Crippen LogP contribution in [0.5, 0.6) is 5.75 Å². The molecule has 3 aromatic carbocycles. The Hall–Kier alpha value is -3.56. The van der Waals surface area contributed by atoms with Crippen LogP contribution in [0.25, 0.3) is 0 Å². The van der Waals surface area contributed by atoms with Crippen molar-refractivity contribution in [2.24, 2.45) is 0 Å². The Balaban J connectivity index is 1.37. The van der Waals surface area contributed by atoms with Gasteiger partial charge < -0.3 is 19.4 Å². The van der Waals surface area contributed by atoms with Gasteiger partial charge in [0.2, 0.25) is 15.9 Å². The van der Waals surface area contributed by atoms with Gasteiger partial charge in [0.1, 0.15) is 11.8 Å². The van der Waals surface area contributed by atoms with Crippen molar-refractivity contribution in [1.29, 1.82) is 0 Å². The van der Waals surface area contributed by atoms with E-state index in [2.05, 4.69) is 41.8 Å². The molecule has 1 amide bonds. The monoisotopic (exact) mass is 548 g/mol. The molecular weight excluding hydrogens is 512 g/mol. The SMILES string of the molecule is COc1cccc(S(=O)(=O)N2CCN(c3ccccc3)C(C(=O)N3CCN(c4cc(C)ccc4C)CC3)C2)c1. The number of benzene rings is 3. The average molecular weight is 549 g/mol. The molecule has 0 spiro atoms. The summed E-state index contributed by atoms with van der Waals surface area (Å²) in [7, 11) is -2.29. The van der Waals surface area contributed by atoms with Gasteiger partial charge >= 0.3 is 0 Å². The lowest BCUT2D eigenvalue weighted by molar-refractivity contribution is -0.133. The molecule has 39 heavy (non-hydrogen) atoms. The molecule has 0 bridgehead atoms. The van der Waals surface area contributed by atoms with Crippen LogP contribution in [-0.4, -0.2) is 82.5 Å². The normalized spacial score (nSPS) is 18.7. The lowest BCUT2D eigenvalue weighted by Gasteiger charge is -2.44. The smallest absolute Gasteiger partial charge is 0.246 e. The molecule has 8 nitrogen and oxygen atoms in total. The van der Waals surface area contributed by atoms with Crippen LogP contribution in [0.1, 0.15) is 11.1 Å². The fourth-order valence-electron chi connectivity index (χ4n) is 5.47. The van der Waals surface area contributed by atoms with E-state index in [0.717, 1.165) is 18.8 Å². The Bertz CT molecular complexity index is 1420. The maximum Gasteiger partial charge on any atom is 0.246 e. The molecule has 3 aromatic rings. The zero-order valence-electron chi connectivity index (χ0n) is 22.8. The van der Waals surface area contributed by atoms with Crippen molar-refractivity contribution in [2.45, 2.75) is 24.8 Å². The summed E-state index contributed by atoms with van der Waals surface area (Å²) in [4.78, 5) is 20.5. The predicted octanol–water partition coefficient (Wildman–Crippen LogP) is 3.54. The molecule has 0 saturated carbocycles. The van der Waals surface area contributed by atoms with Gasteiger partial charge in [0.25, 0.3) is 0 Å². The summed E-state index contributed by atoms with van der Waals surface area (Å²) in [5, 5.41) is 0. The second-order valence-corrected chi connectivity index (χ2v) is 12.1. The van der Waals surface area contributed by atoms with E-state index >= 15 is 0 Å². The largest absolute Gasteiger partial charge is 0.497 e. The quantitative estimate of drug-likeness (QED) is 0.469. The molecule has 2 fully saturated rings. The van der Waals surface area contributed by atoms with Crippen molar-refractivity contribution in [2.75, 3.05) is 62.7 Å². The van der Waals surface area contributed by atoms with Gasteiger partial charge in [0.15, 0.2) is 0 Å².